The number of nitrogens with one attached hydrogen (secondary N) is 2. The van der Waals surface area contributed by atoms with E-state index in [0.717, 1.165) is 12.6 Å². The molecule has 0 aromatic heterocycles. The van der Waals surface area contributed by atoms with Gasteiger partial charge in [-0.15, -0.1) is 0 Å². The predicted molar refractivity (Wildman–Crippen MR) is 56.8 cm³/mol. The lowest BCUT2D eigenvalue weighted by Gasteiger charge is -2.02. The second-order valence-corrected chi connectivity index (χ2v) is 4.02. The molecule has 78 valence electrons. The van der Waals surface area contributed by atoms with Gasteiger partial charge in [0.1, 0.15) is 0 Å². The van der Waals surface area contributed by atoms with E-state index < -0.39 is 0 Å². The Morgan fingerprint density at radius 3 is 2.15 bits per heavy atom. The zero-order valence-electron chi connectivity index (χ0n) is 8.68. The van der Waals surface area contributed by atoms with E-state index in [0.29, 0.717) is 6.04 Å². The summed E-state index contributed by atoms with van der Waals surface area (Å²) in [5.41, 5.74) is 5.53. The summed E-state index contributed by atoms with van der Waals surface area (Å²) in [5, 5.41) is 6.46. The molecule has 1 saturated carbocycles. The Labute approximate surface area is 81.5 Å². The third kappa shape index (κ3) is 4.60. The van der Waals surface area contributed by atoms with Crippen LogP contribution in [0.15, 0.2) is 0 Å². The highest BCUT2D eigenvalue weighted by Crippen LogP contribution is 2.14. The number of likely N-dealkylation sites (N-methyl/N-ethyl adjacent to an activating group) is 1. The van der Waals surface area contributed by atoms with Gasteiger partial charge in [0.15, 0.2) is 0 Å². The fourth-order valence-electron chi connectivity index (χ4n) is 1.86. The van der Waals surface area contributed by atoms with Gasteiger partial charge >= 0.3 is 0 Å². The molecule has 0 aromatic rings. The van der Waals surface area contributed by atoms with E-state index >= 15 is 0 Å². The molecular formula is C10H23N3. The van der Waals surface area contributed by atoms with Crippen LogP contribution in [0.25, 0.3) is 0 Å². The van der Waals surface area contributed by atoms with Gasteiger partial charge in [0, 0.05) is 18.6 Å². The highest BCUT2D eigenvalue weighted by molar-refractivity contribution is 4.74. The standard InChI is InChI=1S/C5H12N2.C5H11N/c1-6-5-2-3-7-4-5;6-5-3-1-2-4-5/h5-7H,2-4H2,1H3;5H,1-4,6H2/t5-;/m1./s1. The van der Waals surface area contributed by atoms with Gasteiger partial charge in [-0.2, -0.15) is 0 Å². The maximum Gasteiger partial charge on any atom is 0.0201 e. The van der Waals surface area contributed by atoms with Crippen molar-refractivity contribution in [3.8, 4) is 0 Å². The highest BCUT2D eigenvalue weighted by Gasteiger charge is 2.09. The third-order valence-corrected chi connectivity index (χ3v) is 2.87. The van der Waals surface area contributed by atoms with Gasteiger partial charge in [0.05, 0.1) is 0 Å². The molecule has 1 atom stereocenters. The van der Waals surface area contributed by atoms with Gasteiger partial charge in [0.25, 0.3) is 0 Å². The van der Waals surface area contributed by atoms with E-state index in [2.05, 4.69) is 10.6 Å². The van der Waals surface area contributed by atoms with Gasteiger partial charge in [-0.3, -0.25) is 0 Å². The molecule has 0 unspecified atom stereocenters. The summed E-state index contributed by atoms with van der Waals surface area (Å²) in [7, 11) is 2.01. The average Bonchev–Trinajstić information content (AvgIpc) is 2.76. The van der Waals surface area contributed by atoms with Crippen molar-refractivity contribution in [3.63, 3.8) is 0 Å². The van der Waals surface area contributed by atoms with Crippen LogP contribution in [0.5, 0.6) is 0 Å². The quantitative estimate of drug-likeness (QED) is 0.556. The van der Waals surface area contributed by atoms with Crippen molar-refractivity contribution in [1.29, 1.82) is 0 Å². The molecule has 1 heterocycles. The van der Waals surface area contributed by atoms with Crippen LogP contribution < -0.4 is 16.4 Å². The molecule has 0 aromatic carbocycles. The van der Waals surface area contributed by atoms with E-state index in [1.807, 2.05) is 7.05 Å². The van der Waals surface area contributed by atoms with Crippen molar-refractivity contribution < 1.29 is 0 Å². The van der Waals surface area contributed by atoms with Crippen LogP contribution in [-0.2, 0) is 0 Å². The maximum absolute atomic E-state index is 5.53. The monoisotopic (exact) mass is 185 g/mol. The second kappa shape index (κ2) is 6.35. The molecule has 3 heteroatoms. The van der Waals surface area contributed by atoms with Crippen LogP contribution in [0.3, 0.4) is 0 Å². The lowest BCUT2D eigenvalue weighted by atomic mass is 10.3. The van der Waals surface area contributed by atoms with Gasteiger partial charge < -0.3 is 16.4 Å². The van der Waals surface area contributed by atoms with E-state index in [-0.39, 0.29) is 0 Å². The molecule has 0 radical (unpaired) electrons. The van der Waals surface area contributed by atoms with Crippen LogP contribution in [0.1, 0.15) is 32.1 Å². The molecule has 1 aliphatic carbocycles. The van der Waals surface area contributed by atoms with Gasteiger partial charge in [-0.1, -0.05) is 12.8 Å². The Kier molecular flexibility index (Phi) is 5.35. The first-order chi connectivity index (χ1) is 6.33. The summed E-state index contributed by atoms with van der Waals surface area (Å²) in [6.07, 6.45) is 6.54. The number of rotatable bonds is 1. The molecule has 13 heavy (non-hydrogen) atoms. The molecule has 0 bridgehead atoms. The fraction of sp³-hybridized carbons (Fsp3) is 1.00. The zero-order chi connectivity index (χ0) is 9.52. The summed E-state index contributed by atoms with van der Waals surface area (Å²) in [5.74, 6) is 0. The van der Waals surface area contributed by atoms with Crippen LogP contribution in [0.4, 0.5) is 0 Å². The number of nitrogens with two attached hydrogens (primary N) is 1. The summed E-state index contributed by atoms with van der Waals surface area (Å²) < 4.78 is 0. The van der Waals surface area contributed by atoms with Crippen molar-refractivity contribution in [2.24, 2.45) is 5.73 Å². The van der Waals surface area contributed by atoms with E-state index in [1.165, 1.54) is 38.6 Å². The first kappa shape index (κ1) is 11.0. The minimum Gasteiger partial charge on any atom is -0.328 e. The highest BCUT2D eigenvalue weighted by atomic mass is 15.0. The van der Waals surface area contributed by atoms with Crippen LogP contribution in [-0.4, -0.2) is 32.2 Å². The Hall–Kier alpha value is -0.120. The SMILES string of the molecule is CN[C@@H]1CCNC1.NC1CCCC1. The summed E-state index contributed by atoms with van der Waals surface area (Å²) >= 11 is 0. The zero-order valence-corrected chi connectivity index (χ0v) is 8.68. The van der Waals surface area contributed by atoms with E-state index in [1.54, 1.807) is 0 Å². The number of hydrogen-bond donors (Lipinski definition) is 3. The predicted octanol–water partition coefficient (Wildman–Crippen LogP) is 0.455. The molecular weight excluding hydrogens is 162 g/mol. The molecule has 2 aliphatic rings. The van der Waals surface area contributed by atoms with Gasteiger partial charge in [-0.05, 0) is 32.9 Å². The Bertz CT molecular complexity index is 115. The number of hydrogen-bond acceptors (Lipinski definition) is 3. The summed E-state index contributed by atoms with van der Waals surface area (Å²) in [6.45, 7) is 2.34. The largest absolute Gasteiger partial charge is 0.328 e. The second-order valence-electron chi connectivity index (χ2n) is 4.02. The van der Waals surface area contributed by atoms with Crippen LogP contribution in [0, 0.1) is 0 Å². The van der Waals surface area contributed by atoms with Crippen molar-refractivity contribution in [2.75, 3.05) is 20.1 Å². The average molecular weight is 185 g/mol. The molecule has 2 fully saturated rings. The minimum atomic E-state index is 0.546. The van der Waals surface area contributed by atoms with Crippen molar-refractivity contribution in [1.82, 2.24) is 10.6 Å². The third-order valence-electron chi connectivity index (χ3n) is 2.87. The van der Waals surface area contributed by atoms with E-state index in [9.17, 15) is 0 Å². The van der Waals surface area contributed by atoms with Crippen molar-refractivity contribution in [2.45, 2.75) is 44.2 Å². The lowest BCUT2D eigenvalue weighted by molar-refractivity contribution is 0.611. The normalized spacial score (nSPS) is 28.6. The van der Waals surface area contributed by atoms with E-state index in [4.69, 9.17) is 5.73 Å². The lowest BCUT2D eigenvalue weighted by Crippen LogP contribution is -2.26. The van der Waals surface area contributed by atoms with Crippen LogP contribution >= 0.6 is 0 Å². The minimum absolute atomic E-state index is 0.546. The summed E-state index contributed by atoms with van der Waals surface area (Å²) in [6, 6.07) is 1.28. The Morgan fingerprint density at radius 1 is 1.23 bits per heavy atom. The first-order valence-electron chi connectivity index (χ1n) is 5.46. The molecule has 1 aliphatic heterocycles. The topological polar surface area (TPSA) is 50.1 Å². The molecule has 0 amide bonds. The maximum atomic E-state index is 5.53. The van der Waals surface area contributed by atoms with Crippen molar-refractivity contribution in [3.05, 3.63) is 0 Å². The molecule has 1 saturated heterocycles. The molecule has 2 rings (SSSR count). The smallest absolute Gasteiger partial charge is 0.0201 e. The molecule has 3 nitrogen and oxygen atoms in total. The van der Waals surface area contributed by atoms with Gasteiger partial charge in [0.2, 0.25) is 0 Å². The van der Waals surface area contributed by atoms with Gasteiger partial charge in [-0.25, -0.2) is 0 Å². The fourth-order valence-corrected chi connectivity index (χ4v) is 1.86. The Balaban J connectivity index is 0.000000132. The first-order valence-corrected chi connectivity index (χ1v) is 5.46. The summed E-state index contributed by atoms with van der Waals surface area (Å²) in [4.78, 5) is 0. The molecule has 0 spiro atoms. The molecule has 4 N–H and O–H groups in total. The van der Waals surface area contributed by atoms with Crippen molar-refractivity contribution >= 4 is 0 Å². The Morgan fingerprint density at radius 2 is 1.92 bits per heavy atom. The van der Waals surface area contributed by atoms with Crippen LogP contribution in [0.2, 0.25) is 0 Å².